The molecule has 12 heteroatoms. The molecule has 1 aliphatic rings. The van der Waals surface area contributed by atoms with Gasteiger partial charge in [0.1, 0.15) is 22.8 Å². The van der Waals surface area contributed by atoms with Crippen LogP contribution in [-0.4, -0.2) is 62.4 Å². The first kappa shape index (κ1) is 18.6. The van der Waals surface area contributed by atoms with E-state index in [1.807, 2.05) is 0 Å². The summed E-state index contributed by atoms with van der Waals surface area (Å²) in [6.45, 7) is 1.63. The van der Waals surface area contributed by atoms with Crippen molar-refractivity contribution in [2.24, 2.45) is 5.11 Å². The third-order valence-corrected chi connectivity index (χ3v) is 3.98. The Labute approximate surface area is 144 Å². The molecule has 0 aromatic carbocycles. The highest BCUT2D eigenvalue weighted by Crippen LogP contribution is 2.31. The van der Waals surface area contributed by atoms with Gasteiger partial charge in [-0.05, 0) is 28.4 Å². The van der Waals surface area contributed by atoms with Crippen LogP contribution in [0, 0.1) is 0 Å². The minimum atomic E-state index is -1.56. The van der Waals surface area contributed by atoms with Gasteiger partial charge in [0.05, 0.1) is 19.3 Å². The monoisotopic (exact) mass is 405 g/mol. The molecule has 1 aromatic rings. The van der Waals surface area contributed by atoms with E-state index in [9.17, 15) is 20.1 Å². The standard InChI is InChI=1S/C12H16BrN5O6/c1-2-23-12-16-10(22)5(13)4-18(12)11-9(21)8(20)7(19)6(24-11)3-15-17-14/h4,6-9,11,19-21H,2-3H2,1H3/t6-,7-,8+,9-,11?/m1/s1. The minimum Gasteiger partial charge on any atom is -0.465 e. The normalized spacial score (nSPS) is 29.8. The lowest BCUT2D eigenvalue weighted by atomic mass is 9.98. The first-order valence-corrected chi connectivity index (χ1v) is 7.82. The third kappa shape index (κ3) is 3.69. The number of hydrogen-bond donors (Lipinski definition) is 3. The fourth-order valence-electron chi connectivity index (χ4n) is 2.28. The molecule has 0 saturated carbocycles. The van der Waals surface area contributed by atoms with Gasteiger partial charge in [0.15, 0.2) is 6.23 Å². The molecule has 11 nitrogen and oxygen atoms in total. The number of aliphatic hydroxyl groups excluding tert-OH is 3. The van der Waals surface area contributed by atoms with Gasteiger partial charge in [-0.25, -0.2) is 0 Å². The Morgan fingerprint density at radius 1 is 1.46 bits per heavy atom. The van der Waals surface area contributed by atoms with Gasteiger partial charge in [0.25, 0.3) is 5.56 Å². The lowest BCUT2D eigenvalue weighted by Crippen LogP contribution is -2.56. The van der Waals surface area contributed by atoms with Crippen molar-refractivity contribution in [1.29, 1.82) is 0 Å². The van der Waals surface area contributed by atoms with Gasteiger partial charge in [-0.3, -0.25) is 9.36 Å². The Morgan fingerprint density at radius 3 is 2.79 bits per heavy atom. The van der Waals surface area contributed by atoms with Crippen LogP contribution in [0.2, 0.25) is 0 Å². The maximum atomic E-state index is 11.7. The van der Waals surface area contributed by atoms with Gasteiger partial charge in [0.2, 0.25) is 0 Å². The van der Waals surface area contributed by atoms with Crippen LogP contribution in [0.1, 0.15) is 13.2 Å². The Bertz CT molecular complexity index is 693. The van der Waals surface area contributed by atoms with Crippen molar-refractivity contribution in [1.82, 2.24) is 9.55 Å². The zero-order valence-electron chi connectivity index (χ0n) is 12.6. The van der Waals surface area contributed by atoms with Crippen LogP contribution in [0.3, 0.4) is 0 Å². The Balaban J connectivity index is 2.43. The van der Waals surface area contributed by atoms with Crippen molar-refractivity contribution in [3.63, 3.8) is 0 Å². The number of halogens is 1. The van der Waals surface area contributed by atoms with Crippen LogP contribution in [0.25, 0.3) is 10.4 Å². The van der Waals surface area contributed by atoms with Gasteiger partial charge in [-0.1, -0.05) is 5.11 Å². The van der Waals surface area contributed by atoms with E-state index in [1.54, 1.807) is 6.92 Å². The summed E-state index contributed by atoms with van der Waals surface area (Å²) >= 11 is 3.03. The van der Waals surface area contributed by atoms with Crippen LogP contribution < -0.4 is 10.3 Å². The average Bonchev–Trinajstić information content (AvgIpc) is 2.56. The number of nitrogens with zero attached hydrogens (tertiary/aromatic N) is 5. The summed E-state index contributed by atoms with van der Waals surface area (Å²) in [6.07, 6.45) is -5.52. The van der Waals surface area contributed by atoms with E-state index in [-0.39, 0.29) is 23.6 Å². The summed E-state index contributed by atoms with van der Waals surface area (Å²) in [4.78, 5) is 18.0. The first-order chi connectivity index (χ1) is 11.4. The molecule has 2 heterocycles. The van der Waals surface area contributed by atoms with Crippen LogP contribution in [0.4, 0.5) is 0 Å². The second-order valence-electron chi connectivity index (χ2n) is 4.97. The largest absolute Gasteiger partial charge is 0.465 e. The van der Waals surface area contributed by atoms with Gasteiger partial charge >= 0.3 is 6.01 Å². The molecule has 2 rings (SSSR count). The topological polar surface area (TPSA) is 163 Å². The summed E-state index contributed by atoms with van der Waals surface area (Å²) in [6, 6.07) is -0.124. The van der Waals surface area contributed by atoms with Crippen LogP contribution in [-0.2, 0) is 4.74 Å². The highest BCUT2D eigenvalue weighted by Gasteiger charge is 2.44. The van der Waals surface area contributed by atoms with E-state index in [4.69, 9.17) is 15.0 Å². The van der Waals surface area contributed by atoms with Gasteiger partial charge in [0, 0.05) is 11.1 Å². The molecule has 1 saturated heterocycles. The van der Waals surface area contributed by atoms with Crippen molar-refractivity contribution in [2.45, 2.75) is 37.6 Å². The van der Waals surface area contributed by atoms with E-state index in [1.165, 1.54) is 10.8 Å². The Morgan fingerprint density at radius 2 is 2.17 bits per heavy atom. The number of rotatable bonds is 5. The second-order valence-corrected chi connectivity index (χ2v) is 5.82. The molecule has 0 amide bonds. The SMILES string of the molecule is CCOc1nc(=O)c(Br)cn1C1O[C@H](CN=[N+]=[N-])[C@@H](O)[C@H](O)[C@H]1O. The molecule has 0 spiro atoms. The minimum absolute atomic E-state index is 0.0916. The molecule has 5 atom stereocenters. The van der Waals surface area contributed by atoms with Crippen molar-refractivity contribution >= 4 is 15.9 Å². The fourth-order valence-corrected chi connectivity index (χ4v) is 2.59. The number of aromatic nitrogens is 2. The Kier molecular flexibility index (Phi) is 6.15. The molecular formula is C12H16BrN5O6. The molecule has 0 bridgehead atoms. The molecule has 3 N–H and O–H groups in total. The van der Waals surface area contributed by atoms with Crippen LogP contribution in [0.5, 0.6) is 6.01 Å². The van der Waals surface area contributed by atoms with Crippen molar-refractivity contribution < 1.29 is 24.8 Å². The molecule has 24 heavy (non-hydrogen) atoms. The lowest BCUT2D eigenvalue weighted by molar-refractivity contribution is -0.243. The third-order valence-electron chi connectivity index (χ3n) is 3.43. The molecule has 1 aromatic heterocycles. The summed E-state index contributed by atoms with van der Waals surface area (Å²) in [5.74, 6) is 0. The van der Waals surface area contributed by atoms with Gasteiger partial charge < -0.3 is 24.8 Å². The lowest BCUT2D eigenvalue weighted by Gasteiger charge is -2.41. The van der Waals surface area contributed by atoms with E-state index in [0.29, 0.717) is 0 Å². The number of aliphatic hydroxyl groups is 3. The molecule has 132 valence electrons. The maximum Gasteiger partial charge on any atom is 0.301 e. The van der Waals surface area contributed by atoms with Crippen molar-refractivity contribution in [3.8, 4) is 6.01 Å². The molecule has 1 unspecified atom stereocenters. The second kappa shape index (κ2) is 7.92. The molecule has 0 aliphatic carbocycles. The zero-order valence-corrected chi connectivity index (χ0v) is 14.1. The number of hydrogen-bond acceptors (Lipinski definition) is 8. The van der Waals surface area contributed by atoms with Crippen molar-refractivity contribution in [2.75, 3.05) is 13.2 Å². The molecule has 0 radical (unpaired) electrons. The van der Waals surface area contributed by atoms with E-state index < -0.39 is 36.2 Å². The summed E-state index contributed by atoms with van der Waals surface area (Å²) in [5.41, 5.74) is 7.82. The highest BCUT2D eigenvalue weighted by atomic mass is 79.9. The van der Waals surface area contributed by atoms with Crippen LogP contribution >= 0.6 is 15.9 Å². The molecule has 1 aliphatic heterocycles. The summed E-state index contributed by atoms with van der Waals surface area (Å²) in [5, 5.41) is 33.5. The van der Waals surface area contributed by atoms with Gasteiger partial charge in [-0.15, -0.1) is 0 Å². The molecular weight excluding hydrogens is 390 g/mol. The maximum absolute atomic E-state index is 11.7. The summed E-state index contributed by atoms with van der Waals surface area (Å²) in [7, 11) is 0. The van der Waals surface area contributed by atoms with Crippen LogP contribution in [0.15, 0.2) is 20.6 Å². The predicted octanol–water partition coefficient (Wildman–Crippen LogP) is -0.305. The van der Waals surface area contributed by atoms with E-state index in [2.05, 4.69) is 30.9 Å². The fraction of sp³-hybridized carbons (Fsp3) is 0.667. The van der Waals surface area contributed by atoms with E-state index in [0.717, 1.165) is 0 Å². The van der Waals surface area contributed by atoms with Gasteiger partial charge in [-0.2, -0.15) is 4.98 Å². The first-order valence-electron chi connectivity index (χ1n) is 7.02. The predicted molar refractivity (Wildman–Crippen MR) is 83.3 cm³/mol. The average molecular weight is 406 g/mol. The molecule has 1 fully saturated rings. The summed E-state index contributed by atoms with van der Waals surface area (Å²) < 4.78 is 12.1. The smallest absolute Gasteiger partial charge is 0.301 e. The van der Waals surface area contributed by atoms with E-state index >= 15 is 0 Å². The van der Waals surface area contributed by atoms with Crippen molar-refractivity contribution in [3.05, 3.63) is 31.5 Å². The Hall–Kier alpha value is -1.69. The number of ether oxygens (including phenoxy) is 2. The zero-order chi connectivity index (χ0) is 17.9. The number of azide groups is 1. The highest BCUT2D eigenvalue weighted by molar-refractivity contribution is 9.10. The quantitative estimate of drug-likeness (QED) is 0.343.